The highest BCUT2D eigenvalue weighted by molar-refractivity contribution is 14.2. The lowest BCUT2D eigenvalue weighted by Gasteiger charge is -2.08. The van der Waals surface area contributed by atoms with E-state index in [2.05, 4.69) is 9.97 Å². The van der Waals surface area contributed by atoms with Gasteiger partial charge in [0.25, 0.3) is 0 Å². The Morgan fingerprint density at radius 3 is 2.53 bits per heavy atom. The van der Waals surface area contributed by atoms with Crippen LogP contribution >= 0.6 is 20.7 Å². The fourth-order valence-electron chi connectivity index (χ4n) is 1.53. The van der Waals surface area contributed by atoms with Crippen LogP contribution in [0.25, 0.3) is 17.5 Å². The summed E-state index contributed by atoms with van der Waals surface area (Å²) in [4.78, 5) is 8.07. The highest BCUT2D eigenvalue weighted by Crippen LogP contribution is 2.34. The molecule has 0 saturated heterocycles. The van der Waals surface area contributed by atoms with Crippen molar-refractivity contribution >= 4 is 30.3 Å². The van der Waals surface area contributed by atoms with Crippen molar-refractivity contribution in [3.8, 4) is 11.5 Å². The van der Waals surface area contributed by atoms with Gasteiger partial charge in [-0.1, -0.05) is 0 Å². The molecule has 0 spiro atoms. The molecule has 0 N–H and O–H groups in total. The maximum absolute atomic E-state index is 12.6. The molecule has 0 unspecified atom stereocenters. The number of allylic oxidation sites excluding steroid dienone is 1. The number of oxazole rings is 1. The summed E-state index contributed by atoms with van der Waals surface area (Å²) in [5.74, 6) is 0.333. The summed E-state index contributed by atoms with van der Waals surface area (Å²) >= 11 is -1.37. The minimum Gasteiger partial charge on any atom is -0.430 e. The second kappa shape index (κ2) is 4.55. The fourth-order valence-corrected chi connectivity index (χ4v) is 3.61. The summed E-state index contributed by atoms with van der Waals surface area (Å²) < 4.78 is 43.2. The van der Waals surface area contributed by atoms with Crippen LogP contribution < -0.4 is 0 Å². The summed E-state index contributed by atoms with van der Waals surface area (Å²) in [6.45, 7) is 0. The standard InChI is InChI=1S/C12H6F3IN2O/c13-12(14,15)9-2-1-8-10(16-9)19-11(18-8)7-3-5-17-6-4-7/h1-6H. The summed E-state index contributed by atoms with van der Waals surface area (Å²) in [5, 5.41) is 0. The van der Waals surface area contributed by atoms with Gasteiger partial charge in [-0.2, -0.15) is 13.2 Å². The number of hydrogen-bond donors (Lipinski definition) is 0. The van der Waals surface area contributed by atoms with Gasteiger partial charge < -0.3 is 4.42 Å². The molecule has 0 amide bonds. The molecular formula is C12H6F3IN2O. The fraction of sp³-hybridized carbons (Fsp3) is 0.0833. The zero-order valence-corrected chi connectivity index (χ0v) is 11.4. The van der Waals surface area contributed by atoms with Crippen molar-refractivity contribution in [1.29, 1.82) is 0 Å². The molecule has 19 heavy (non-hydrogen) atoms. The minimum atomic E-state index is -4.29. The van der Waals surface area contributed by atoms with Crippen LogP contribution in [-0.2, 0) is 0 Å². The molecule has 7 heteroatoms. The lowest BCUT2D eigenvalue weighted by molar-refractivity contribution is -0.0548. The molecule has 2 aromatic heterocycles. The molecule has 0 radical (unpaired) electrons. The van der Waals surface area contributed by atoms with Crippen molar-refractivity contribution in [1.82, 2.24) is 9.97 Å². The smallest absolute Gasteiger partial charge is 0.421 e. The lowest BCUT2D eigenvalue weighted by Crippen LogP contribution is -2.19. The van der Waals surface area contributed by atoms with Crippen LogP contribution in [0.1, 0.15) is 5.69 Å². The van der Waals surface area contributed by atoms with E-state index < -0.39 is 30.4 Å². The van der Waals surface area contributed by atoms with E-state index in [9.17, 15) is 13.2 Å². The van der Waals surface area contributed by atoms with Crippen molar-refractivity contribution in [2.24, 2.45) is 0 Å². The topological polar surface area (TPSA) is 38.9 Å². The summed E-state index contributed by atoms with van der Waals surface area (Å²) in [6, 6.07) is 3.40. The zero-order valence-electron chi connectivity index (χ0n) is 9.28. The van der Waals surface area contributed by atoms with E-state index >= 15 is 0 Å². The molecule has 0 aliphatic carbocycles. The maximum atomic E-state index is 12.6. The molecule has 0 atom stereocenters. The Hall–Kier alpha value is -1.51. The first-order valence-corrected chi connectivity index (χ1v) is 7.38. The monoisotopic (exact) mass is 378 g/mol. The van der Waals surface area contributed by atoms with Gasteiger partial charge >= 0.3 is 6.18 Å². The average molecular weight is 378 g/mol. The number of pyridine rings is 1. The summed E-state index contributed by atoms with van der Waals surface area (Å²) in [6.07, 6.45) is 1.32. The first-order chi connectivity index (χ1) is 9.04. The third-order valence-electron chi connectivity index (χ3n) is 2.38. The molecule has 0 saturated carbocycles. The molecule has 1 aliphatic rings. The molecule has 3 rings (SSSR count). The Kier molecular flexibility index (Phi) is 3.00. The van der Waals surface area contributed by atoms with Gasteiger partial charge in [-0.3, -0.25) is 4.98 Å². The summed E-state index contributed by atoms with van der Waals surface area (Å²) in [7, 11) is 0. The number of aromatic nitrogens is 2. The van der Waals surface area contributed by atoms with E-state index in [0.29, 0.717) is 20.9 Å². The first-order valence-electron chi connectivity index (χ1n) is 5.22. The second-order valence-corrected chi connectivity index (χ2v) is 6.37. The molecule has 98 valence electrons. The van der Waals surface area contributed by atoms with Crippen LogP contribution in [0.4, 0.5) is 13.2 Å². The molecular weight excluding hydrogens is 372 g/mol. The van der Waals surface area contributed by atoms with Crippen molar-refractivity contribution in [3.63, 3.8) is 0 Å². The van der Waals surface area contributed by atoms with Crippen LogP contribution in [0.3, 0.4) is 0 Å². The van der Waals surface area contributed by atoms with E-state index in [1.165, 1.54) is 6.08 Å². The highest BCUT2D eigenvalue weighted by atomic mass is 127. The largest absolute Gasteiger partial charge is 0.430 e. The number of alkyl halides is 3. The van der Waals surface area contributed by atoms with Crippen molar-refractivity contribution in [3.05, 3.63) is 40.1 Å². The van der Waals surface area contributed by atoms with Crippen molar-refractivity contribution < 1.29 is 17.6 Å². The van der Waals surface area contributed by atoms with Crippen molar-refractivity contribution in [2.45, 2.75) is 6.18 Å². The Balaban J connectivity index is 2.03. The Morgan fingerprint density at radius 2 is 1.84 bits per heavy atom. The number of rotatable bonds is 1. The zero-order chi connectivity index (χ0) is 13.5. The Bertz CT molecular complexity index is 674. The van der Waals surface area contributed by atoms with E-state index in [-0.39, 0.29) is 0 Å². The third kappa shape index (κ3) is 2.46. The Labute approximate surface area is 115 Å². The van der Waals surface area contributed by atoms with Crippen LogP contribution in [0.2, 0.25) is 0 Å². The van der Waals surface area contributed by atoms with Gasteiger partial charge in [-0.15, -0.1) is 0 Å². The number of halogens is 4. The molecule has 0 fully saturated rings. The first kappa shape index (κ1) is 12.5. The third-order valence-corrected chi connectivity index (χ3v) is 5.20. The predicted molar refractivity (Wildman–Crippen MR) is 72.5 cm³/mol. The molecule has 1 aliphatic heterocycles. The number of nitrogens with zero attached hydrogens (tertiary/aromatic N) is 2. The molecule has 3 nitrogen and oxygen atoms in total. The maximum Gasteiger partial charge on any atom is 0.421 e. The van der Waals surface area contributed by atoms with Gasteiger partial charge in [-0.05, 0) is 45.0 Å². The number of hydrogen-bond acceptors (Lipinski definition) is 3. The molecule has 0 bridgehead atoms. The van der Waals surface area contributed by atoms with Crippen LogP contribution in [-0.4, -0.2) is 19.7 Å². The predicted octanol–water partition coefficient (Wildman–Crippen LogP) is 3.64. The van der Waals surface area contributed by atoms with E-state index in [4.69, 9.17) is 4.42 Å². The van der Waals surface area contributed by atoms with Gasteiger partial charge in [0.2, 0.25) is 5.89 Å². The van der Waals surface area contributed by atoms with Gasteiger partial charge in [0.15, 0.2) is 3.77 Å². The highest BCUT2D eigenvalue weighted by Gasteiger charge is 2.34. The normalized spacial score (nSPS) is 14.6. The second-order valence-electron chi connectivity index (χ2n) is 3.69. The van der Waals surface area contributed by atoms with Crippen LogP contribution in [0.5, 0.6) is 0 Å². The molecule has 2 aromatic rings. The van der Waals surface area contributed by atoms with Gasteiger partial charge in [-0.25, -0.2) is 4.98 Å². The van der Waals surface area contributed by atoms with Gasteiger partial charge in [0, 0.05) is 18.0 Å². The van der Waals surface area contributed by atoms with Gasteiger partial charge in [0.1, 0.15) is 5.69 Å². The Morgan fingerprint density at radius 1 is 1.11 bits per heavy atom. The average Bonchev–Trinajstić information content (AvgIpc) is 2.81. The SMILES string of the molecule is FC(F)(F)C1=Ic2oc(-c3ccncc3)nc2C=C1. The minimum absolute atomic E-state index is 0.333. The van der Waals surface area contributed by atoms with E-state index in [1.807, 2.05) is 0 Å². The number of fused-ring (bicyclic) bond motifs is 1. The molecule has 3 heterocycles. The summed E-state index contributed by atoms with van der Waals surface area (Å²) in [5.41, 5.74) is 1.20. The quantitative estimate of drug-likeness (QED) is 0.712. The van der Waals surface area contributed by atoms with E-state index in [0.717, 1.165) is 6.08 Å². The molecule has 0 aromatic carbocycles. The van der Waals surface area contributed by atoms with Crippen LogP contribution in [0.15, 0.2) is 35.0 Å². The van der Waals surface area contributed by atoms with E-state index in [1.54, 1.807) is 24.5 Å². The lowest BCUT2D eigenvalue weighted by atomic mass is 10.3. The van der Waals surface area contributed by atoms with Crippen LogP contribution in [0, 0.1) is 3.77 Å². The van der Waals surface area contributed by atoms with Crippen molar-refractivity contribution in [2.75, 3.05) is 0 Å². The van der Waals surface area contributed by atoms with Gasteiger partial charge in [0.05, 0.1) is 3.51 Å².